The molecule has 7 nitrogen and oxygen atoms in total. The molecule has 1 heterocycles. The number of Topliss-reactive ketones (excluding diaryl/α,β-unsaturated/α-hetero) is 1. The van der Waals surface area contributed by atoms with E-state index in [2.05, 4.69) is 0 Å². The van der Waals surface area contributed by atoms with Crippen LogP contribution in [0, 0.1) is 5.92 Å². The lowest BCUT2D eigenvalue weighted by atomic mass is 9.69. The minimum atomic E-state index is -0.751. The summed E-state index contributed by atoms with van der Waals surface area (Å²) in [5, 5.41) is 9.90. The summed E-state index contributed by atoms with van der Waals surface area (Å²) in [6.07, 6.45) is 0.831. The minimum Gasteiger partial charge on any atom is -0.508 e. The summed E-state index contributed by atoms with van der Waals surface area (Å²) < 4.78 is 16.6. The fraction of sp³-hybridized carbons (Fsp3) is 0.281. The van der Waals surface area contributed by atoms with Crippen molar-refractivity contribution in [2.45, 2.75) is 38.2 Å². The maximum atomic E-state index is 13.8. The van der Waals surface area contributed by atoms with E-state index in [0.29, 0.717) is 34.9 Å². The number of benzene rings is 3. The molecule has 1 unspecified atom stereocenters. The molecule has 3 aromatic rings. The van der Waals surface area contributed by atoms with Gasteiger partial charge in [-0.05, 0) is 60.2 Å². The lowest BCUT2D eigenvalue weighted by molar-refractivity contribution is -0.148. The molecule has 0 spiro atoms. The number of hydrogen-bond acceptors (Lipinski definition) is 7. The number of rotatable bonds is 7. The third kappa shape index (κ3) is 5.30. The second-order valence-corrected chi connectivity index (χ2v) is 9.90. The monoisotopic (exact) mass is 525 g/mol. The lowest BCUT2D eigenvalue weighted by Crippen LogP contribution is -2.38. The third-order valence-electron chi connectivity index (χ3n) is 7.50. The van der Waals surface area contributed by atoms with Gasteiger partial charge < -0.3 is 19.3 Å². The highest BCUT2D eigenvalue weighted by Crippen LogP contribution is 2.47. The van der Waals surface area contributed by atoms with E-state index in [1.54, 1.807) is 38.5 Å². The van der Waals surface area contributed by atoms with Gasteiger partial charge in [-0.1, -0.05) is 48.5 Å². The van der Waals surface area contributed by atoms with Crippen LogP contribution in [0.1, 0.15) is 48.3 Å². The van der Waals surface area contributed by atoms with Crippen molar-refractivity contribution in [3.05, 3.63) is 101 Å². The van der Waals surface area contributed by atoms with E-state index in [9.17, 15) is 14.7 Å². The molecule has 0 amide bonds. The average molecular weight is 526 g/mol. The number of aromatic hydroxyl groups is 1. The van der Waals surface area contributed by atoms with E-state index in [0.717, 1.165) is 16.7 Å². The molecule has 3 atom stereocenters. The normalized spacial score (nSPS) is 20.6. The van der Waals surface area contributed by atoms with Crippen LogP contribution in [-0.2, 0) is 20.9 Å². The van der Waals surface area contributed by atoms with E-state index >= 15 is 0 Å². The van der Waals surface area contributed by atoms with Gasteiger partial charge in [0, 0.05) is 29.3 Å². The molecular weight excluding hydrogens is 494 g/mol. The van der Waals surface area contributed by atoms with Crippen molar-refractivity contribution >= 4 is 17.5 Å². The van der Waals surface area contributed by atoms with Crippen LogP contribution in [0.4, 0.5) is 0 Å². The fourth-order valence-corrected chi connectivity index (χ4v) is 5.57. The number of esters is 1. The Balaban J connectivity index is 1.50. The van der Waals surface area contributed by atoms with Crippen molar-refractivity contribution in [3.8, 4) is 17.2 Å². The third-order valence-corrected chi connectivity index (χ3v) is 7.50. The molecule has 1 aliphatic heterocycles. The summed E-state index contributed by atoms with van der Waals surface area (Å²) >= 11 is 0. The van der Waals surface area contributed by atoms with E-state index in [-0.39, 0.29) is 30.5 Å². The van der Waals surface area contributed by atoms with Gasteiger partial charge in [-0.3, -0.25) is 14.6 Å². The summed E-state index contributed by atoms with van der Waals surface area (Å²) in [6.45, 7) is 1.95. The van der Waals surface area contributed by atoms with E-state index < -0.39 is 17.8 Å². The number of carbonyl (C=O) groups is 2. The summed E-state index contributed by atoms with van der Waals surface area (Å²) in [4.78, 5) is 32.2. The quantitative estimate of drug-likeness (QED) is 0.396. The molecule has 2 aliphatic rings. The highest BCUT2D eigenvalue weighted by Gasteiger charge is 2.44. The van der Waals surface area contributed by atoms with Gasteiger partial charge in [0.15, 0.2) is 17.3 Å². The maximum Gasteiger partial charge on any atom is 0.315 e. The van der Waals surface area contributed by atoms with Gasteiger partial charge in [0.25, 0.3) is 0 Å². The Morgan fingerprint density at radius 1 is 0.923 bits per heavy atom. The molecule has 1 N–H and O–H groups in total. The maximum absolute atomic E-state index is 13.8. The van der Waals surface area contributed by atoms with Crippen LogP contribution in [0.2, 0.25) is 0 Å². The Kier molecular flexibility index (Phi) is 7.50. The smallest absolute Gasteiger partial charge is 0.315 e. The van der Waals surface area contributed by atoms with Crippen molar-refractivity contribution in [2.75, 3.05) is 14.2 Å². The van der Waals surface area contributed by atoms with Gasteiger partial charge in [-0.15, -0.1) is 0 Å². The lowest BCUT2D eigenvalue weighted by Gasteiger charge is -2.36. The molecule has 0 bridgehead atoms. The van der Waals surface area contributed by atoms with Crippen molar-refractivity contribution in [2.24, 2.45) is 10.9 Å². The van der Waals surface area contributed by atoms with Crippen molar-refractivity contribution < 1.29 is 28.9 Å². The number of phenolic OH excluding ortho intramolecular Hbond substituents is 1. The average Bonchev–Trinajstić information content (AvgIpc) is 2.95. The second-order valence-electron chi connectivity index (χ2n) is 9.90. The number of methoxy groups -OCH3 is 2. The zero-order chi connectivity index (χ0) is 27.5. The fourth-order valence-electron chi connectivity index (χ4n) is 5.57. The van der Waals surface area contributed by atoms with Crippen LogP contribution < -0.4 is 9.47 Å². The number of nitrogens with zero attached hydrogens (tertiary/aromatic N) is 1. The van der Waals surface area contributed by atoms with Crippen molar-refractivity contribution in [1.29, 1.82) is 0 Å². The standard InChI is InChI=1S/C32H31NO6/c1-19-29(32(36)39-18-20-7-5-4-6-8-20)30(21-9-12-24(34)13-10-21)31-25(33-19)15-23(16-26(31)35)22-11-14-27(37-2)28(17-22)38-3/h4-14,17,23,29-30,34H,15-16,18H2,1-3H3/t23-,29?,30+/m0/s1. The van der Waals surface area contributed by atoms with E-state index in [1.807, 2.05) is 55.5 Å². The van der Waals surface area contributed by atoms with Crippen LogP contribution in [0.5, 0.6) is 17.2 Å². The van der Waals surface area contributed by atoms with Crippen LogP contribution in [-0.4, -0.2) is 36.8 Å². The Bertz CT molecular complexity index is 1440. The number of ether oxygens (including phenoxy) is 3. The topological polar surface area (TPSA) is 94.4 Å². The predicted octanol–water partition coefficient (Wildman–Crippen LogP) is 5.73. The van der Waals surface area contributed by atoms with Crippen LogP contribution in [0.25, 0.3) is 0 Å². The molecule has 1 aliphatic carbocycles. The molecule has 5 rings (SSSR count). The molecule has 39 heavy (non-hydrogen) atoms. The Labute approximate surface area is 227 Å². The minimum absolute atomic E-state index is 0.0498. The summed E-state index contributed by atoms with van der Waals surface area (Å²) in [6, 6.07) is 21.8. The summed E-state index contributed by atoms with van der Waals surface area (Å²) in [7, 11) is 3.17. The highest BCUT2D eigenvalue weighted by atomic mass is 16.5. The zero-order valence-electron chi connectivity index (χ0n) is 22.2. The number of hydrogen-bond donors (Lipinski definition) is 1. The van der Waals surface area contributed by atoms with Gasteiger partial charge >= 0.3 is 5.97 Å². The molecule has 0 fully saturated rings. The molecule has 0 radical (unpaired) electrons. The Hall–Kier alpha value is -4.39. The van der Waals surface area contributed by atoms with Gasteiger partial charge in [0.2, 0.25) is 0 Å². The Morgan fingerprint density at radius 3 is 2.31 bits per heavy atom. The van der Waals surface area contributed by atoms with E-state index in [4.69, 9.17) is 19.2 Å². The molecule has 0 saturated heterocycles. The van der Waals surface area contributed by atoms with Crippen LogP contribution in [0.15, 0.2) is 89.1 Å². The first-order chi connectivity index (χ1) is 18.9. The van der Waals surface area contributed by atoms with Crippen LogP contribution >= 0.6 is 0 Å². The number of ketones is 1. The van der Waals surface area contributed by atoms with Crippen molar-refractivity contribution in [3.63, 3.8) is 0 Å². The van der Waals surface area contributed by atoms with Gasteiger partial charge in [0.05, 0.1) is 14.2 Å². The summed E-state index contributed by atoms with van der Waals surface area (Å²) in [5.74, 6) is -0.534. The number of phenols is 1. The van der Waals surface area contributed by atoms with Crippen LogP contribution in [0.3, 0.4) is 0 Å². The van der Waals surface area contributed by atoms with Gasteiger partial charge in [-0.2, -0.15) is 0 Å². The summed E-state index contributed by atoms with van der Waals surface area (Å²) in [5.41, 5.74) is 4.44. The molecule has 0 saturated carbocycles. The molecule has 7 heteroatoms. The second kappa shape index (κ2) is 11.2. The largest absolute Gasteiger partial charge is 0.508 e. The number of aliphatic imine (C=N–C) groups is 1. The number of allylic oxidation sites excluding steroid dienone is 2. The number of carbonyl (C=O) groups excluding carboxylic acids is 2. The molecule has 0 aromatic heterocycles. The molecule has 200 valence electrons. The predicted molar refractivity (Wildman–Crippen MR) is 147 cm³/mol. The Morgan fingerprint density at radius 2 is 1.62 bits per heavy atom. The van der Waals surface area contributed by atoms with Gasteiger partial charge in [-0.25, -0.2) is 0 Å². The molecule has 3 aromatic carbocycles. The first-order valence-corrected chi connectivity index (χ1v) is 12.9. The SMILES string of the molecule is COc1ccc([C@@H]2CC(=O)C3=C(C2)N=C(C)C(C(=O)OCc2ccccc2)[C@H]3c2ccc(O)cc2)cc1OC. The first kappa shape index (κ1) is 26.2. The zero-order valence-corrected chi connectivity index (χ0v) is 22.2. The van der Waals surface area contributed by atoms with E-state index in [1.165, 1.54) is 0 Å². The van der Waals surface area contributed by atoms with Gasteiger partial charge in [0.1, 0.15) is 18.3 Å². The molecular formula is C32H31NO6. The first-order valence-electron chi connectivity index (χ1n) is 12.9. The van der Waals surface area contributed by atoms with Crippen molar-refractivity contribution in [1.82, 2.24) is 0 Å². The highest BCUT2D eigenvalue weighted by molar-refractivity contribution is 6.09.